The highest BCUT2D eigenvalue weighted by atomic mass is 19.4. The van der Waals surface area contributed by atoms with Crippen molar-refractivity contribution in [1.29, 1.82) is 0 Å². The van der Waals surface area contributed by atoms with E-state index in [9.17, 15) is 18.3 Å². The fraction of sp³-hybridized carbons (Fsp3) is 0.643. The fourth-order valence-corrected chi connectivity index (χ4v) is 2.27. The molecular formula is C14H19F3N2O2. The van der Waals surface area contributed by atoms with Gasteiger partial charge in [0.2, 0.25) is 5.88 Å². The highest BCUT2D eigenvalue weighted by molar-refractivity contribution is 5.20. The normalized spacial score (nSPS) is 21.5. The maximum absolute atomic E-state index is 12.4. The second-order valence-electron chi connectivity index (χ2n) is 5.23. The summed E-state index contributed by atoms with van der Waals surface area (Å²) in [6.45, 7) is 3.97. The average Bonchev–Trinajstić information content (AvgIpc) is 2.85. The van der Waals surface area contributed by atoms with Crippen LogP contribution in [0.4, 0.5) is 13.2 Å². The van der Waals surface area contributed by atoms with Crippen LogP contribution in [0.3, 0.4) is 0 Å². The molecule has 21 heavy (non-hydrogen) atoms. The van der Waals surface area contributed by atoms with Crippen LogP contribution in [0, 0.1) is 0 Å². The molecule has 1 saturated heterocycles. The number of nitrogens with zero attached hydrogens (tertiary/aromatic N) is 2. The number of likely N-dealkylation sites (tertiary alicyclic amines) is 1. The van der Waals surface area contributed by atoms with Crippen molar-refractivity contribution in [3.05, 3.63) is 23.9 Å². The van der Waals surface area contributed by atoms with E-state index in [2.05, 4.69) is 9.88 Å². The number of pyridine rings is 1. The molecule has 2 atom stereocenters. The molecule has 2 heterocycles. The van der Waals surface area contributed by atoms with Gasteiger partial charge in [0, 0.05) is 31.9 Å². The van der Waals surface area contributed by atoms with Crippen LogP contribution in [0.5, 0.6) is 5.88 Å². The summed E-state index contributed by atoms with van der Waals surface area (Å²) in [5.41, 5.74) is -0.783. The lowest BCUT2D eigenvalue weighted by atomic mass is 10.2. The van der Waals surface area contributed by atoms with Crippen LogP contribution in [-0.4, -0.2) is 46.8 Å². The predicted octanol–water partition coefficient (Wildman–Crippen LogP) is 2.32. The quantitative estimate of drug-likeness (QED) is 0.907. The number of β-amino-alcohol motifs (C(OH)–C–C–N with tert-alkyl or cyclic N) is 1. The summed E-state index contributed by atoms with van der Waals surface area (Å²) in [7, 11) is 0. The largest absolute Gasteiger partial charge is 0.473 e. The molecule has 0 amide bonds. The Bertz CT molecular complexity index is 451. The third-order valence-corrected chi connectivity index (χ3v) is 3.52. The first kappa shape index (κ1) is 16.0. The van der Waals surface area contributed by atoms with E-state index in [1.54, 1.807) is 0 Å². The Labute approximate surface area is 121 Å². The molecule has 0 aliphatic carbocycles. The summed E-state index contributed by atoms with van der Waals surface area (Å²) in [5.74, 6) is 0.200. The Hall–Kier alpha value is -1.34. The first-order chi connectivity index (χ1) is 9.88. The SMILES string of the molecule is CC[C@@H](O)CN1CCC(Oc2ccc(C(F)(F)F)cn2)C1. The van der Waals surface area contributed by atoms with Crippen molar-refractivity contribution in [3.8, 4) is 5.88 Å². The molecule has 0 aromatic carbocycles. The number of alkyl halides is 3. The first-order valence-corrected chi connectivity index (χ1v) is 6.98. The van der Waals surface area contributed by atoms with Gasteiger partial charge in [0.15, 0.2) is 0 Å². The lowest BCUT2D eigenvalue weighted by Crippen LogP contribution is -2.32. The summed E-state index contributed by atoms with van der Waals surface area (Å²) in [4.78, 5) is 5.79. The van der Waals surface area contributed by atoms with E-state index in [1.807, 2.05) is 6.92 Å². The van der Waals surface area contributed by atoms with E-state index in [0.29, 0.717) is 19.5 Å². The van der Waals surface area contributed by atoms with Gasteiger partial charge in [-0.2, -0.15) is 13.2 Å². The van der Waals surface area contributed by atoms with Crippen molar-refractivity contribution in [1.82, 2.24) is 9.88 Å². The Morgan fingerprint density at radius 1 is 1.48 bits per heavy atom. The lowest BCUT2D eigenvalue weighted by molar-refractivity contribution is -0.137. The maximum atomic E-state index is 12.4. The molecule has 2 rings (SSSR count). The molecule has 7 heteroatoms. The minimum absolute atomic E-state index is 0.0988. The van der Waals surface area contributed by atoms with Crippen LogP contribution in [-0.2, 0) is 6.18 Å². The second kappa shape index (κ2) is 6.62. The van der Waals surface area contributed by atoms with E-state index in [0.717, 1.165) is 25.2 Å². The van der Waals surface area contributed by atoms with Crippen LogP contribution in [0.25, 0.3) is 0 Å². The Morgan fingerprint density at radius 2 is 2.24 bits per heavy atom. The van der Waals surface area contributed by atoms with Gasteiger partial charge in [-0.05, 0) is 18.9 Å². The van der Waals surface area contributed by atoms with E-state index < -0.39 is 11.7 Å². The van der Waals surface area contributed by atoms with Crippen molar-refractivity contribution in [3.63, 3.8) is 0 Å². The highest BCUT2D eigenvalue weighted by Gasteiger charge is 2.31. The highest BCUT2D eigenvalue weighted by Crippen LogP contribution is 2.29. The molecule has 1 aromatic rings. The summed E-state index contributed by atoms with van der Waals surface area (Å²) < 4.78 is 42.8. The van der Waals surface area contributed by atoms with E-state index in [1.165, 1.54) is 6.07 Å². The van der Waals surface area contributed by atoms with Crippen molar-refractivity contribution in [2.45, 2.75) is 38.1 Å². The van der Waals surface area contributed by atoms with Crippen molar-refractivity contribution in [2.24, 2.45) is 0 Å². The van der Waals surface area contributed by atoms with Gasteiger partial charge in [-0.25, -0.2) is 4.98 Å². The summed E-state index contributed by atoms with van der Waals surface area (Å²) in [6, 6.07) is 2.21. The van der Waals surface area contributed by atoms with Gasteiger partial charge < -0.3 is 9.84 Å². The Kier molecular flexibility index (Phi) is 5.05. The number of aromatic nitrogens is 1. The molecule has 1 aliphatic rings. The minimum atomic E-state index is -4.38. The average molecular weight is 304 g/mol. The van der Waals surface area contributed by atoms with Gasteiger partial charge in [-0.1, -0.05) is 6.92 Å². The van der Waals surface area contributed by atoms with Gasteiger partial charge in [0.1, 0.15) is 6.10 Å². The molecule has 0 spiro atoms. The van der Waals surface area contributed by atoms with E-state index in [-0.39, 0.29) is 18.1 Å². The predicted molar refractivity (Wildman–Crippen MR) is 71.0 cm³/mol. The monoisotopic (exact) mass is 304 g/mol. The molecule has 4 nitrogen and oxygen atoms in total. The first-order valence-electron chi connectivity index (χ1n) is 6.98. The van der Waals surface area contributed by atoms with Crippen molar-refractivity contribution in [2.75, 3.05) is 19.6 Å². The number of rotatable bonds is 5. The van der Waals surface area contributed by atoms with Crippen LogP contribution < -0.4 is 4.74 Å². The van der Waals surface area contributed by atoms with Crippen LogP contribution in [0.2, 0.25) is 0 Å². The zero-order valence-electron chi connectivity index (χ0n) is 11.8. The molecule has 0 bridgehead atoms. The molecule has 1 aromatic heterocycles. The van der Waals surface area contributed by atoms with Crippen LogP contribution >= 0.6 is 0 Å². The number of ether oxygens (including phenoxy) is 1. The maximum Gasteiger partial charge on any atom is 0.417 e. The number of aliphatic hydroxyl groups is 1. The van der Waals surface area contributed by atoms with Gasteiger partial charge >= 0.3 is 6.18 Å². The second-order valence-corrected chi connectivity index (χ2v) is 5.23. The van der Waals surface area contributed by atoms with Gasteiger partial charge in [-0.15, -0.1) is 0 Å². The number of halogens is 3. The van der Waals surface area contributed by atoms with Gasteiger partial charge in [0.05, 0.1) is 11.7 Å². The third-order valence-electron chi connectivity index (χ3n) is 3.52. The standard InChI is InChI=1S/C14H19F3N2O2/c1-2-11(20)8-19-6-5-12(9-19)21-13-4-3-10(7-18-13)14(15,16)17/h3-4,7,11-12,20H,2,5-6,8-9H2,1H3/t11-,12?/m1/s1. The molecule has 0 radical (unpaired) electrons. The van der Waals surface area contributed by atoms with Gasteiger partial charge in [-0.3, -0.25) is 4.90 Å². The molecular weight excluding hydrogens is 285 g/mol. The Balaban J connectivity index is 1.86. The molecule has 1 aliphatic heterocycles. The number of hydrogen-bond acceptors (Lipinski definition) is 4. The zero-order chi connectivity index (χ0) is 15.5. The van der Waals surface area contributed by atoms with Gasteiger partial charge in [0.25, 0.3) is 0 Å². The summed E-state index contributed by atoms with van der Waals surface area (Å²) in [6.07, 6.45) is -2.58. The smallest absolute Gasteiger partial charge is 0.417 e. The minimum Gasteiger partial charge on any atom is -0.473 e. The third kappa shape index (κ3) is 4.57. The molecule has 118 valence electrons. The summed E-state index contributed by atoms with van der Waals surface area (Å²) in [5, 5.41) is 9.60. The fourth-order valence-electron chi connectivity index (χ4n) is 2.27. The Morgan fingerprint density at radius 3 is 2.81 bits per heavy atom. The van der Waals surface area contributed by atoms with Crippen molar-refractivity contribution < 1.29 is 23.0 Å². The molecule has 1 N–H and O–H groups in total. The van der Waals surface area contributed by atoms with Crippen LogP contribution in [0.1, 0.15) is 25.3 Å². The molecule has 1 unspecified atom stereocenters. The van der Waals surface area contributed by atoms with Crippen molar-refractivity contribution >= 4 is 0 Å². The zero-order valence-corrected chi connectivity index (χ0v) is 11.8. The summed E-state index contributed by atoms with van der Waals surface area (Å²) >= 11 is 0. The lowest BCUT2D eigenvalue weighted by Gasteiger charge is -2.19. The number of hydrogen-bond donors (Lipinski definition) is 1. The molecule has 1 fully saturated rings. The van der Waals surface area contributed by atoms with E-state index >= 15 is 0 Å². The van der Waals surface area contributed by atoms with E-state index in [4.69, 9.17) is 4.74 Å². The topological polar surface area (TPSA) is 45.6 Å². The molecule has 0 saturated carbocycles. The van der Waals surface area contributed by atoms with Crippen LogP contribution in [0.15, 0.2) is 18.3 Å². The number of aliphatic hydroxyl groups excluding tert-OH is 1.